The SMILES string of the molecule is COc1ccc(C(=O)NC2CCc3onc(CN4CCCC4)c3C2)cc1. The van der Waals surface area contributed by atoms with E-state index in [1.165, 1.54) is 18.4 Å². The van der Waals surface area contributed by atoms with Gasteiger partial charge in [0.15, 0.2) is 0 Å². The second-order valence-electron chi connectivity index (χ2n) is 7.16. The minimum Gasteiger partial charge on any atom is -0.497 e. The Morgan fingerprint density at radius 3 is 2.81 bits per heavy atom. The number of hydrogen-bond donors (Lipinski definition) is 1. The largest absolute Gasteiger partial charge is 0.497 e. The van der Waals surface area contributed by atoms with E-state index in [-0.39, 0.29) is 11.9 Å². The summed E-state index contributed by atoms with van der Waals surface area (Å²) in [6.07, 6.45) is 5.04. The minimum atomic E-state index is -0.0429. The number of amides is 1. The van der Waals surface area contributed by atoms with E-state index in [2.05, 4.69) is 15.4 Å². The van der Waals surface area contributed by atoms with Gasteiger partial charge < -0.3 is 14.6 Å². The molecule has 1 saturated heterocycles. The van der Waals surface area contributed by atoms with Gasteiger partial charge in [0.25, 0.3) is 5.91 Å². The number of aryl methyl sites for hydroxylation is 1. The molecule has 4 rings (SSSR count). The summed E-state index contributed by atoms with van der Waals surface area (Å²) in [7, 11) is 1.62. The van der Waals surface area contributed by atoms with Crippen molar-refractivity contribution in [3.05, 3.63) is 46.8 Å². The third kappa shape index (κ3) is 3.60. The van der Waals surface area contributed by atoms with Crippen LogP contribution in [0.25, 0.3) is 0 Å². The molecule has 26 heavy (non-hydrogen) atoms. The van der Waals surface area contributed by atoms with Crippen molar-refractivity contribution in [2.75, 3.05) is 20.2 Å². The zero-order valence-electron chi connectivity index (χ0n) is 15.2. The molecule has 0 radical (unpaired) electrons. The molecule has 1 atom stereocenters. The van der Waals surface area contributed by atoms with Crippen LogP contribution >= 0.6 is 0 Å². The van der Waals surface area contributed by atoms with E-state index in [0.29, 0.717) is 5.56 Å². The lowest BCUT2D eigenvalue weighted by atomic mass is 9.91. The van der Waals surface area contributed by atoms with Crippen molar-refractivity contribution in [2.24, 2.45) is 0 Å². The number of benzene rings is 1. The molecule has 2 aromatic rings. The number of likely N-dealkylation sites (tertiary alicyclic amines) is 1. The Balaban J connectivity index is 1.40. The van der Waals surface area contributed by atoms with E-state index >= 15 is 0 Å². The Kier molecular flexibility index (Phi) is 4.93. The van der Waals surface area contributed by atoms with Crippen LogP contribution in [0.4, 0.5) is 0 Å². The van der Waals surface area contributed by atoms with Gasteiger partial charge in [-0.15, -0.1) is 0 Å². The molecule has 1 unspecified atom stereocenters. The van der Waals surface area contributed by atoms with E-state index in [1.54, 1.807) is 19.2 Å². The molecule has 1 aliphatic heterocycles. The van der Waals surface area contributed by atoms with Crippen LogP contribution in [-0.4, -0.2) is 42.2 Å². The lowest BCUT2D eigenvalue weighted by molar-refractivity contribution is 0.0932. The fourth-order valence-electron chi connectivity index (χ4n) is 3.87. The summed E-state index contributed by atoms with van der Waals surface area (Å²) < 4.78 is 10.7. The summed E-state index contributed by atoms with van der Waals surface area (Å²) >= 11 is 0. The van der Waals surface area contributed by atoms with E-state index in [1.807, 2.05) is 12.1 Å². The van der Waals surface area contributed by atoms with Crippen molar-refractivity contribution in [3.8, 4) is 5.75 Å². The van der Waals surface area contributed by atoms with Crippen LogP contribution < -0.4 is 10.1 Å². The van der Waals surface area contributed by atoms with Crippen LogP contribution in [0.2, 0.25) is 0 Å². The van der Waals surface area contributed by atoms with Crippen molar-refractivity contribution < 1.29 is 14.1 Å². The topological polar surface area (TPSA) is 67.6 Å². The van der Waals surface area contributed by atoms with Crippen molar-refractivity contribution in [3.63, 3.8) is 0 Å². The fourth-order valence-corrected chi connectivity index (χ4v) is 3.87. The Morgan fingerprint density at radius 2 is 2.08 bits per heavy atom. The highest BCUT2D eigenvalue weighted by molar-refractivity contribution is 5.94. The molecule has 1 fully saturated rings. The molecule has 1 aliphatic carbocycles. The molecule has 0 saturated carbocycles. The predicted molar refractivity (Wildman–Crippen MR) is 97.3 cm³/mol. The third-order valence-electron chi connectivity index (χ3n) is 5.38. The molecular weight excluding hydrogens is 330 g/mol. The number of rotatable bonds is 5. The van der Waals surface area contributed by atoms with Crippen LogP contribution in [0.5, 0.6) is 5.75 Å². The molecule has 138 valence electrons. The molecule has 2 aliphatic rings. The summed E-state index contributed by atoms with van der Waals surface area (Å²) in [6.45, 7) is 3.14. The lowest BCUT2D eigenvalue weighted by Gasteiger charge is -2.23. The number of nitrogens with one attached hydrogen (secondary N) is 1. The highest BCUT2D eigenvalue weighted by Crippen LogP contribution is 2.26. The van der Waals surface area contributed by atoms with Crippen LogP contribution in [0.15, 0.2) is 28.8 Å². The van der Waals surface area contributed by atoms with E-state index in [4.69, 9.17) is 9.26 Å². The van der Waals surface area contributed by atoms with Crippen molar-refractivity contribution >= 4 is 5.91 Å². The smallest absolute Gasteiger partial charge is 0.251 e. The molecular formula is C20H25N3O3. The second-order valence-corrected chi connectivity index (χ2v) is 7.16. The van der Waals surface area contributed by atoms with Gasteiger partial charge in [0.1, 0.15) is 17.2 Å². The molecule has 0 spiro atoms. The third-order valence-corrected chi connectivity index (χ3v) is 5.38. The zero-order chi connectivity index (χ0) is 17.9. The maximum Gasteiger partial charge on any atom is 0.251 e. The first kappa shape index (κ1) is 17.1. The second kappa shape index (κ2) is 7.50. The summed E-state index contributed by atoms with van der Waals surface area (Å²) in [5.41, 5.74) is 2.90. The summed E-state index contributed by atoms with van der Waals surface area (Å²) in [5.74, 6) is 1.70. The molecule has 1 aromatic heterocycles. The Bertz CT molecular complexity index is 763. The van der Waals surface area contributed by atoms with Gasteiger partial charge in [0.05, 0.1) is 7.11 Å². The molecule has 6 heteroatoms. The van der Waals surface area contributed by atoms with Crippen LogP contribution in [0.1, 0.15) is 46.6 Å². The van der Waals surface area contributed by atoms with Crippen LogP contribution in [0.3, 0.4) is 0 Å². The van der Waals surface area contributed by atoms with Gasteiger partial charge >= 0.3 is 0 Å². The molecule has 1 amide bonds. The average Bonchev–Trinajstić information content (AvgIpc) is 3.32. The normalized spacial score (nSPS) is 20.0. The lowest BCUT2D eigenvalue weighted by Crippen LogP contribution is -2.39. The van der Waals surface area contributed by atoms with Crippen LogP contribution in [-0.2, 0) is 19.4 Å². The quantitative estimate of drug-likeness (QED) is 0.893. The van der Waals surface area contributed by atoms with E-state index in [9.17, 15) is 4.79 Å². The van der Waals surface area contributed by atoms with E-state index in [0.717, 1.165) is 56.1 Å². The van der Waals surface area contributed by atoms with Gasteiger partial charge in [0.2, 0.25) is 0 Å². The number of carbonyl (C=O) groups excluding carboxylic acids is 1. The highest BCUT2D eigenvalue weighted by atomic mass is 16.5. The Morgan fingerprint density at radius 1 is 1.31 bits per heavy atom. The first-order valence-corrected chi connectivity index (χ1v) is 9.36. The van der Waals surface area contributed by atoms with E-state index < -0.39 is 0 Å². The average molecular weight is 355 g/mol. The number of fused-ring (bicyclic) bond motifs is 1. The molecule has 6 nitrogen and oxygen atoms in total. The van der Waals surface area contributed by atoms with Crippen molar-refractivity contribution in [1.29, 1.82) is 0 Å². The number of methoxy groups -OCH3 is 1. The van der Waals surface area contributed by atoms with Gasteiger partial charge in [-0.25, -0.2) is 0 Å². The van der Waals surface area contributed by atoms with Gasteiger partial charge in [-0.3, -0.25) is 9.69 Å². The maximum atomic E-state index is 12.5. The number of aromatic nitrogens is 1. The van der Waals surface area contributed by atoms with Gasteiger partial charge in [0, 0.05) is 30.1 Å². The Hall–Kier alpha value is -2.34. The maximum absolute atomic E-state index is 12.5. The molecule has 0 bridgehead atoms. The molecule has 2 heterocycles. The molecule has 1 N–H and O–H groups in total. The van der Waals surface area contributed by atoms with Crippen molar-refractivity contribution in [1.82, 2.24) is 15.4 Å². The van der Waals surface area contributed by atoms with Gasteiger partial charge in [-0.2, -0.15) is 0 Å². The summed E-state index contributed by atoms with van der Waals surface area (Å²) in [4.78, 5) is 15.0. The number of nitrogens with zero attached hydrogens (tertiary/aromatic N) is 2. The highest BCUT2D eigenvalue weighted by Gasteiger charge is 2.28. The Labute approximate surface area is 153 Å². The standard InChI is InChI=1S/C20H25N3O3/c1-25-16-7-4-14(5-8-16)20(24)21-15-6-9-19-17(12-15)18(22-26-19)13-23-10-2-3-11-23/h4-5,7-8,15H,2-3,6,9-13H2,1H3,(H,21,24). The van der Waals surface area contributed by atoms with Gasteiger partial charge in [-0.05, 0) is 63.0 Å². The first-order valence-electron chi connectivity index (χ1n) is 9.36. The molecule has 1 aromatic carbocycles. The summed E-state index contributed by atoms with van der Waals surface area (Å²) in [6, 6.07) is 7.32. The number of carbonyl (C=O) groups is 1. The first-order chi connectivity index (χ1) is 12.7. The zero-order valence-corrected chi connectivity index (χ0v) is 15.2. The summed E-state index contributed by atoms with van der Waals surface area (Å²) in [5, 5.41) is 7.47. The monoisotopic (exact) mass is 355 g/mol. The minimum absolute atomic E-state index is 0.0429. The number of ether oxygens (including phenoxy) is 1. The van der Waals surface area contributed by atoms with Crippen molar-refractivity contribution in [2.45, 2.75) is 44.7 Å². The predicted octanol–water partition coefficient (Wildman–Crippen LogP) is 2.57. The number of hydrogen-bond acceptors (Lipinski definition) is 5. The fraction of sp³-hybridized carbons (Fsp3) is 0.500. The van der Waals surface area contributed by atoms with Crippen LogP contribution in [0, 0.1) is 0 Å². The van der Waals surface area contributed by atoms with Gasteiger partial charge in [-0.1, -0.05) is 5.16 Å².